The number of hydrogen-bond acceptors (Lipinski definition) is 3. The number of fused-ring (bicyclic) bond motifs is 1. The topological polar surface area (TPSA) is 39.1 Å². The molecule has 20 heavy (non-hydrogen) atoms. The fraction of sp³-hybridized carbons (Fsp3) is 0.438. The molecule has 0 spiro atoms. The molecular formula is C16H21N3O. The van der Waals surface area contributed by atoms with Crippen molar-refractivity contribution in [1.82, 2.24) is 15.1 Å². The minimum absolute atomic E-state index is 0.194. The fourth-order valence-electron chi connectivity index (χ4n) is 2.90. The number of rotatable bonds is 4. The van der Waals surface area contributed by atoms with Crippen molar-refractivity contribution in [2.75, 3.05) is 13.2 Å². The molecule has 1 N–H and O–H groups in total. The molecule has 4 heteroatoms. The summed E-state index contributed by atoms with van der Waals surface area (Å²) in [5, 5.41) is 8.03. The second kappa shape index (κ2) is 5.29. The Morgan fingerprint density at radius 1 is 1.45 bits per heavy atom. The maximum Gasteiger partial charge on any atom is 0.122 e. The van der Waals surface area contributed by atoms with E-state index in [1.54, 1.807) is 0 Å². The van der Waals surface area contributed by atoms with Crippen molar-refractivity contribution in [1.29, 1.82) is 0 Å². The van der Waals surface area contributed by atoms with Crippen LogP contribution in [-0.2, 0) is 13.5 Å². The van der Waals surface area contributed by atoms with Crippen LogP contribution in [0.25, 0.3) is 0 Å². The molecule has 0 amide bonds. The van der Waals surface area contributed by atoms with Gasteiger partial charge in [-0.15, -0.1) is 0 Å². The Kier molecular flexibility index (Phi) is 3.49. The highest BCUT2D eigenvalue weighted by Crippen LogP contribution is 2.31. The molecule has 1 aliphatic heterocycles. The lowest BCUT2D eigenvalue weighted by atomic mass is 9.97. The quantitative estimate of drug-likeness (QED) is 0.928. The maximum absolute atomic E-state index is 5.59. The van der Waals surface area contributed by atoms with Crippen molar-refractivity contribution < 1.29 is 4.74 Å². The molecule has 106 valence electrons. The van der Waals surface area contributed by atoms with Crippen molar-refractivity contribution in [2.45, 2.75) is 26.3 Å². The van der Waals surface area contributed by atoms with Gasteiger partial charge in [0.1, 0.15) is 5.75 Å². The van der Waals surface area contributed by atoms with E-state index in [4.69, 9.17) is 4.74 Å². The van der Waals surface area contributed by atoms with Crippen LogP contribution in [0.4, 0.5) is 0 Å². The summed E-state index contributed by atoms with van der Waals surface area (Å²) < 4.78 is 7.47. The minimum Gasteiger partial charge on any atom is -0.493 e. The molecule has 0 aliphatic carbocycles. The Hall–Kier alpha value is -1.81. The third-order valence-electron chi connectivity index (χ3n) is 3.82. The second-order valence-corrected chi connectivity index (χ2v) is 5.30. The van der Waals surface area contributed by atoms with Gasteiger partial charge in [0, 0.05) is 25.2 Å². The predicted molar refractivity (Wildman–Crippen MR) is 79.1 cm³/mol. The molecule has 1 aliphatic rings. The van der Waals surface area contributed by atoms with E-state index in [9.17, 15) is 0 Å². The second-order valence-electron chi connectivity index (χ2n) is 5.30. The van der Waals surface area contributed by atoms with E-state index in [-0.39, 0.29) is 6.04 Å². The standard InChI is InChI=1S/C16H21N3O/c1-4-17-16(14-10-19(3)18-11(14)2)13-5-6-15-12(9-13)7-8-20-15/h5-6,9-10,16-17H,4,7-8H2,1-3H3. The van der Waals surface area contributed by atoms with Gasteiger partial charge < -0.3 is 10.1 Å². The van der Waals surface area contributed by atoms with Crippen LogP contribution in [0.5, 0.6) is 5.75 Å². The first kappa shape index (κ1) is 13.2. The number of hydrogen-bond donors (Lipinski definition) is 1. The zero-order chi connectivity index (χ0) is 14.1. The third-order valence-corrected chi connectivity index (χ3v) is 3.82. The summed E-state index contributed by atoms with van der Waals surface area (Å²) in [6.07, 6.45) is 3.11. The first-order valence-corrected chi connectivity index (χ1v) is 7.18. The monoisotopic (exact) mass is 271 g/mol. The Balaban J connectivity index is 2.00. The van der Waals surface area contributed by atoms with Gasteiger partial charge in [-0.05, 0) is 30.7 Å². The van der Waals surface area contributed by atoms with Gasteiger partial charge >= 0.3 is 0 Å². The summed E-state index contributed by atoms with van der Waals surface area (Å²) in [5.41, 5.74) is 4.92. The normalized spacial score (nSPS) is 14.9. The van der Waals surface area contributed by atoms with Gasteiger partial charge in [-0.1, -0.05) is 19.1 Å². The minimum atomic E-state index is 0.194. The number of nitrogens with one attached hydrogen (secondary N) is 1. The molecule has 4 nitrogen and oxygen atoms in total. The Bertz CT molecular complexity index is 618. The lowest BCUT2D eigenvalue weighted by Gasteiger charge is -2.18. The first-order valence-electron chi connectivity index (χ1n) is 7.18. The van der Waals surface area contributed by atoms with Crippen LogP contribution >= 0.6 is 0 Å². The molecule has 1 aromatic carbocycles. The average molecular weight is 271 g/mol. The van der Waals surface area contributed by atoms with Crippen LogP contribution in [0.3, 0.4) is 0 Å². The first-order chi connectivity index (χ1) is 9.69. The third kappa shape index (κ3) is 2.31. The average Bonchev–Trinajstić information content (AvgIpc) is 3.01. The summed E-state index contributed by atoms with van der Waals surface area (Å²) in [7, 11) is 1.97. The van der Waals surface area contributed by atoms with Gasteiger partial charge in [0.05, 0.1) is 18.3 Å². The number of aryl methyl sites for hydroxylation is 2. The highest BCUT2D eigenvalue weighted by atomic mass is 16.5. The lowest BCUT2D eigenvalue weighted by molar-refractivity contribution is 0.357. The number of aromatic nitrogens is 2. The lowest BCUT2D eigenvalue weighted by Crippen LogP contribution is -2.22. The van der Waals surface area contributed by atoms with E-state index >= 15 is 0 Å². The van der Waals surface area contributed by atoms with Crippen LogP contribution in [0.1, 0.15) is 35.3 Å². The van der Waals surface area contributed by atoms with Crippen molar-refractivity contribution >= 4 is 0 Å². The summed E-state index contributed by atoms with van der Waals surface area (Å²) in [6, 6.07) is 6.71. The van der Waals surface area contributed by atoms with Crippen molar-refractivity contribution in [3.63, 3.8) is 0 Å². The van der Waals surface area contributed by atoms with Gasteiger partial charge in [-0.3, -0.25) is 4.68 Å². The van der Waals surface area contributed by atoms with Crippen LogP contribution in [0, 0.1) is 6.92 Å². The molecule has 0 saturated carbocycles. The molecule has 0 radical (unpaired) electrons. The van der Waals surface area contributed by atoms with Crippen LogP contribution in [-0.4, -0.2) is 22.9 Å². The van der Waals surface area contributed by atoms with Gasteiger partial charge in [0.2, 0.25) is 0 Å². The van der Waals surface area contributed by atoms with Crippen molar-refractivity contribution in [3.8, 4) is 5.75 Å². The molecule has 2 heterocycles. The largest absolute Gasteiger partial charge is 0.493 e. The van der Waals surface area contributed by atoms with Crippen LogP contribution < -0.4 is 10.1 Å². The summed E-state index contributed by atoms with van der Waals surface area (Å²) in [5.74, 6) is 1.03. The summed E-state index contributed by atoms with van der Waals surface area (Å²) in [4.78, 5) is 0. The summed E-state index contributed by atoms with van der Waals surface area (Å²) in [6.45, 7) is 5.93. The summed E-state index contributed by atoms with van der Waals surface area (Å²) >= 11 is 0. The van der Waals surface area contributed by atoms with Gasteiger partial charge in [-0.2, -0.15) is 5.10 Å². The fourth-order valence-corrected chi connectivity index (χ4v) is 2.90. The smallest absolute Gasteiger partial charge is 0.122 e. The van der Waals surface area contributed by atoms with Gasteiger partial charge in [0.25, 0.3) is 0 Å². The molecule has 1 aromatic heterocycles. The van der Waals surface area contributed by atoms with Crippen LogP contribution in [0.15, 0.2) is 24.4 Å². The van der Waals surface area contributed by atoms with E-state index in [0.717, 1.165) is 31.0 Å². The molecule has 1 atom stereocenters. The number of nitrogens with zero attached hydrogens (tertiary/aromatic N) is 2. The number of benzene rings is 1. The van der Waals surface area contributed by atoms with Gasteiger partial charge in [-0.25, -0.2) is 0 Å². The van der Waals surface area contributed by atoms with E-state index in [1.165, 1.54) is 16.7 Å². The van der Waals surface area contributed by atoms with E-state index in [1.807, 2.05) is 11.7 Å². The number of ether oxygens (including phenoxy) is 1. The van der Waals surface area contributed by atoms with E-state index < -0.39 is 0 Å². The SMILES string of the molecule is CCNC(c1ccc2c(c1)CCO2)c1cn(C)nc1C. The molecule has 1 unspecified atom stereocenters. The highest BCUT2D eigenvalue weighted by molar-refractivity contribution is 5.43. The molecular weight excluding hydrogens is 250 g/mol. The van der Waals surface area contributed by atoms with Gasteiger partial charge in [0.15, 0.2) is 0 Å². The van der Waals surface area contributed by atoms with Crippen molar-refractivity contribution in [2.24, 2.45) is 7.05 Å². The highest BCUT2D eigenvalue weighted by Gasteiger charge is 2.20. The molecule has 0 bridgehead atoms. The molecule has 3 rings (SSSR count). The van der Waals surface area contributed by atoms with Crippen LogP contribution in [0.2, 0.25) is 0 Å². The zero-order valence-corrected chi connectivity index (χ0v) is 12.3. The molecule has 0 fully saturated rings. The zero-order valence-electron chi connectivity index (χ0n) is 12.3. The molecule has 0 saturated heterocycles. The molecule has 2 aromatic rings. The van der Waals surface area contributed by atoms with E-state index in [2.05, 4.69) is 48.7 Å². The Morgan fingerprint density at radius 2 is 2.30 bits per heavy atom. The predicted octanol–water partition coefficient (Wildman–Crippen LogP) is 2.36. The van der Waals surface area contributed by atoms with E-state index in [0.29, 0.717) is 0 Å². The van der Waals surface area contributed by atoms with Crippen molar-refractivity contribution in [3.05, 3.63) is 46.8 Å². The Labute approximate surface area is 119 Å². The Morgan fingerprint density at radius 3 is 3.00 bits per heavy atom. The maximum atomic E-state index is 5.59.